The van der Waals surface area contributed by atoms with Gasteiger partial charge >= 0.3 is 0 Å². The molecule has 2 heterocycles. The molecule has 5 saturated carbocycles. The number of hydrogen-bond acceptors (Lipinski definition) is 6. The second kappa shape index (κ2) is 12.8. The van der Waals surface area contributed by atoms with E-state index in [9.17, 15) is 19.2 Å². The van der Waals surface area contributed by atoms with Gasteiger partial charge in [0.25, 0.3) is 0 Å². The molecular weight excluding hydrogens is 556 g/mol. The molecule has 8 heteroatoms. The minimum absolute atomic E-state index is 0.00290. The Balaban J connectivity index is 0.887. The highest BCUT2D eigenvalue weighted by Gasteiger charge is 2.55. The molecule has 2 aliphatic heterocycles. The summed E-state index contributed by atoms with van der Waals surface area (Å²) in [6, 6.07) is 0.00290. The number of nitrogens with zero attached hydrogens (tertiary/aromatic N) is 2. The molecule has 0 aromatic rings. The van der Waals surface area contributed by atoms with Crippen LogP contribution < -0.4 is 0 Å². The van der Waals surface area contributed by atoms with Gasteiger partial charge < -0.3 is 9.47 Å². The molecule has 7 rings (SSSR count). The van der Waals surface area contributed by atoms with Crippen LogP contribution in [-0.2, 0) is 28.7 Å². The van der Waals surface area contributed by atoms with Gasteiger partial charge in [0.15, 0.2) is 0 Å². The summed E-state index contributed by atoms with van der Waals surface area (Å²) in [5.41, 5.74) is 0. The number of fused-ring (bicyclic) bond motifs is 2. The van der Waals surface area contributed by atoms with Crippen LogP contribution in [0.5, 0.6) is 0 Å². The van der Waals surface area contributed by atoms with E-state index >= 15 is 0 Å². The van der Waals surface area contributed by atoms with Crippen molar-refractivity contribution >= 4 is 23.6 Å². The Hall–Kier alpha value is -1.80. The topological polar surface area (TPSA) is 93.2 Å². The molecule has 2 saturated heterocycles. The summed E-state index contributed by atoms with van der Waals surface area (Å²) in [4.78, 5) is 55.5. The number of amides is 4. The average molecular weight is 611 g/mol. The molecule has 8 nitrogen and oxygen atoms in total. The largest absolute Gasteiger partial charge is 0.375 e. The van der Waals surface area contributed by atoms with E-state index in [-0.39, 0.29) is 65.6 Å². The van der Waals surface area contributed by atoms with E-state index in [2.05, 4.69) is 6.92 Å². The van der Waals surface area contributed by atoms with Crippen molar-refractivity contribution in [3.63, 3.8) is 0 Å². The Morgan fingerprint density at radius 3 is 1.57 bits per heavy atom. The first-order valence-corrected chi connectivity index (χ1v) is 18.3. The zero-order valence-electron chi connectivity index (χ0n) is 27.0. The maximum absolute atomic E-state index is 13.8. The van der Waals surface area contributed by atoms with Crippen LogP contribution in [-0.4, -0.2) is 70.9 Å². The highest BCUT2D eigenvalue weighted by molar-refractivity contribution is 6.06. The van der Waals surface area contributed by atoms with Crippen molar-refractivity contribution in [3.8, 4) is 0 Å². The predicted octanol–water partition coefficient (Wildman–Crippen LogP) is 5.65. The fourth-order valence-corrected chi connectivity index (χ4v) is 10.5. The second-order valence-corrected chi connectivity index (χ2v) is 15.8. The fraction of sp³-hybridized carbons (Fsp3) is 0.889. The zero-order valence-corrected chi connectivity index (χ0v) is 27.0. The van der Waals surface area contributed by atoms with Crippen molar-refractivity contribution in [2.75, 3.05) is 7.05 Å². The highest BCUT2D eigenvalue weighted by atomic mass is 16.5. The van der Waals surface area contributed by atoms with Crippen molar-refractivity contribution in [2.24, 2.45) is 41.4 Å². The van der Waals surface area contributed by atoms with Gasteiger partial charge in [0, 0.05) is 13.1 Å². The molecule has 0 aromatic carbocycles. The Morgan fingerprint density at radius 2 is 0.977 bits per heavy atom. The first kappa shape index (κ1) is 30.8. The van der Waals surface area contributed by atoms with E-state index in [0.29, 0.717) is 24.0 Å². The molecule has 4 amide bonds. The van der Waals surface area contributed by atoms with Crippen LogP contribution in [0.15, 0.2) is 0 Å². The van der Waals surface area contributed by atoms with Gasteiger partial charge in [0.2, 0.25) is 23.6 Å². The number of rotatable bonds is 6. The summed E-state index contributed by atoms with van der Waals surface area (Å²) in [5, 5.41) is 0. The Kier molecular flexibility index (Phi) is 8.95. The molecule has 7 fully saturated rings. The smallest absolute Gasteiger partial charge is 0.233 e. The maximum atomic E-state index is 13.8. The Bertz CT molecular complexity index is 1110. The van der Waals surface area contributed by atoms with Crippen molar-refractivity contribution in [3.05, 3.63) is 0 Å². The number of carbonyl (C=O) groups excluding carboxylic acids is 4. The molecule has 244 valence electrons. The monoisotopic (exact) mass is 610 g/mol. The fourth-order valence-electron chi connectivity index (χ4n) is 10.5. The predicted molar refractivity (Wildman–Crippen MR) is 164 cm³/mol. The normalized spacial score (nSPS) is 45.0. The van der Waals surface area contributed by atoms with Gasteiger partial charge in [-0.05, 0) is 133 Å². The van der Waals surface area contributed by atoms with E-state index in [1.807, 2.05) is 0 Å². The molecule has 44 heavy (non-hydrogen) atoms. The molecule has 7 aliphatic rings. The lowest BCUT2D eigenvalue weighted by Gasteiger charge is -2.38. The molecule has 0 aromatic heterocycles. The minimum atomic E-state index is -0.205. The molecule has 0 radical (unpaired) electrons. The third kappa shape index (κ3) is 5.91. The summed E-state index contributed by atoms with van der Waals surface area (Å²) in [5.74, 6) is 0.920. The summed E-state index contributed by atoms with van der Waals surface area (Å²) in [7, 11) is 1.61. The van der Waals surface area contributed by atoms with Gasteiger partial charge in [-0.1, -0.05) is 6.92 Å². The number of ether oxygens (including phenoxy) is 2. The summed E-state index contributed by atoms with van der Waals surface area (Å²) < 4.78 is 13.2. The van der Waals surface area contributed by atoms with Gasteiger partial charge in [-0.2, -0.15) is 0 Å². The SMILES string of the molecule is CC1CCC(OC2CCCC(OC3CCC(N4C(=O)C5CCC(C6CCC7C(=O)N(C)C(=O)C7C6)CC5C4=O)CC3)C2)CC1. The van der Waals surface area contributed by atoms with E-state index in [4.69, 9.17) is 9.47 Å². The third-order valence-corrected chi connectivity index (χ3v) is 13.2. The molecule has 0 N–H and O–H groups in total. The van der Waals surface area contributed by atoms with Crippen LogP contribution in [0, 0.1) is 41.4 Å². The van der Waals surface area contributed by atoms with E-state index < -0.39 is 0 Å². The summed E-state index contributed by atoms with van der Waals surface area (Å²) in [6.07, 6.45) is 19.1. The molecule has 0 bridgehead atoms. The lowest BCUT2D eigenvalue weighted by molar-refractivity contribution is -0.145. The van der Waals surface area contributed by atoms with Crippen molar-refractivity contribution in [2.45, 2.75) is 153 Å². The van der Waals surface area contributed by atoms with Crippen LogP contribution in [0.4, 0.5) is 0 Å². The third-order valence-electron chi connectivity index (χ3n) is 13.2. The van der Waals surface area contributed by atoms with E-state index in [1.54, 1.807) is 11.9 Å². The first-order chi connectivity index (χ1) is 21.3. The second-order valence-electron chi connectivity index (χ2n) is 15.8. The molecule has 0 spiro atoms. The van der Waals surface area contributed by atoms with Gasteiger partial charge in [0.1, 0.15) is 0 Å². The van der Waals surface area contributed by atoms with Gasteiger partial charge in [-0.15, -0.1) is 0 Å². The van der Waals surface area contributed by atoms with E-state index in [1.165, 1.54) is 37.0 Å². The minimum Gasteiger partial charge on any atom is -0.375 e. The van der Waals surface area contributed by atoms with Crippen LogP contribution in [0.1, 0.15) is 122 Å². The van der Waals surface area contributed by atoms with Crippen molar-refractivity contribution in [1.29, 1.82) is 0 Å². The molecular formula is C36H54N2O6. The van der Waals surface area contributed by atoms with Gasteiger partial charge in [-0.3, -0.25) is 29.0 Å². The Morgan fingerprint density at radius 1 is 0.500 bits per heavy atom. The van der Waals surface area contributed by atoms with Crippen LogP contribution in [0.3, 0.4) is 0 Å². The average Bonchev–Trinajstić information content (AvgIpc) is 3.42. The van der Waals surface area contributed by atoms with Crippen molar-refractivity contribution in [1.82, 2.24) is 9.80 Å². The summed E-state index contributed by atoms with van der Waals surface area (Å²) in [6.45, 7) is 2.35. The van der Waals surface area contributed by atoms with E-state index in [0.717, 1.165) is 89.4 Å². The lowest BCUT2D eigenvalue weighted by atomic mass is 9.64. The number of likely N-dealkylation sites (tertiary alicyclic amines) is 2. The van der Waals surface area contributed by atoms with Crippen LogP contribution in [0.25, 0.3) is 0 Å². The highest BCUT2D eigenvalue weighted by Crippen LogP contribution is 2.50. The maximum Gasteiger partial charge on any atom is 0.233 e. The number of carbonyl (C=O) groups is 4. The van der Waals surface area contributed by atoms with Gasteiger partial charge in [0.05, 0.1) is 48.1 Å². The number of hydrogen-bond donors (Lipinski definition) is 0. The quantitative estimate of drug-likeness (QED) is 0.361. The zero-order chi connectivity index (χ0) is 30.5. The van der Waals surface area contributed by atoms with Crippen LogP contribution in [0.2, 0.25) is 0 Å². The Labute approximate surface area is 263 Å². The van der Waals surface area contributed by atoms with Crippen LogP contribution >= 0.6 is 0 Å². The van der Waals surface area contributed by atoms with Gasteiger partial charge in [-0.25, -0.2) is 0 Å². The summed E-state index contributed by atoms with van der Waals surface area (Å²) >= 11 is 0. The molecule has 8 unspecified atom stereocenters. The van der Waals surface area contributed by atoms with Crippen molar-refractivity contribution < 1.29 is 28.7 Å². The lowest BCUT2D eigenvalue weighted by Crippen LogP contribution is -2.44. The molecule has 5 aliphatic carbocycles. The standard InChI is InChI=1S/C36H54N2O6/c1-21-6-12-25(13-7-21)43-27-4-3-5-28(20-27)44-26-14-10-24(11-15-26)38-35(41)30-17-9-23(19-32(30)36(38)42)22-8-16-29-31(18-22)34(40)37(2)33(29)39/h21-32H,3-20H2,1-2H3. The molecule has 8 atom stereocenters. The number of imide groups is 2. The first-order valence-electron chi connectivity index (χ1n) is 18.3.